The molecular formula is C12H10BrNO2. The van der Waals surface area contributed by atoms with Crippen LogP contribution in [0.2, 0.25) is 0 Å². The van der Waals surface area contributed by atoms with Gasteiger partial charge in [0.05, 0.1) is 12.8 Å². The molecule has 2 aromatic rings. The van der Waals surface area contributed by atoms with Crippen LogP contribution < -0.4 is 10.3 Å². The van der Waals surface area contributed by atoms with Crippen LogP contribution in [0.3, 0.4) is 0 Å². The van der Waals surface area contributed by atoms with Crippen LogP contribution in [0.1, 0.15) is 0 Å². The molecule has 0 spiro atoms. The molecule has 0 atom stereocenters. The maximum atomic E-state index is 11.8. The zero-order valence-corrected chi connectivity index (χ0v) is 10.3. The van der Waals surface area contributed by atoms with E-state index >= 15 is 0 Å². The third-order valence-corrected chi connectivity index (χ3v) is 2.74. The Hall–Kier alpha value is -1.55. The topological polar surface area (TPSA) is 31.2 Å². The van der Waals surface area contributed by atoms with Gasteiger partial charge in [-0.2, -0.15) is 0 Å². The second-order valence-electron chi connectivity index (χ2n) is 3.22. The van der Waals surface area contributed by atoms with Gasteiger partial charge < -0.3 is 4.74 Å². The quantitative estimate of drug-likeness (QED) is 0.846. The van der Waals surface area contributed by atoms with Crippen molar-refractivity contribution in [3.05, 3.63) is 57.3 Å². The smallest absolute Gasteiger partial charge is 0.257 e. The molecule has 4 heteroatoms. The van der Waals surface area contributed by atoms with Gasteiger partial charge in [0.15, 0.2) is 0 Å². The molecule has 0 radical (unpaired) electrons. The largest absolute Gasteiger partial charge is 0.482 e. The number of aromatic nitrogens is 1. The highest BCUT2D eigenvalue weighted by Crippen LogP contribution is 2.17. The highest BCUT2D eigenvalue weighted by atomic mass is 79.9. The van der Waals surface area contributed by atoms with Crippen molar-refractivity contribution in [1.82, 2.24) is 4.57 Å². The van der Waals surface area contributed by atoms with Crippen molar-refractivity contribution in [2.24, 2.45) is 0 Å². The minimum Gasteiger partial charge on any atom is -0.482 e. The molecular weight excluding hydrogens is 270 g/mol. The Labute approximate surface area is 101 Å². The summed E-state index contributed by atoms with van der Waals surface area (Å²) in [5, 5.41) is 0. The lowest BCUT2D eigenvalue weighted by atomic mass is 10.3. The molecule has 1 heterocycles. The maximum Gasteiger partial charge on any atom is 0.257 e. The first kappa shape index (κ1) is 11.0. The number of rotatable bonds is 2. The van der Waals surface area contributed by atoms with E-state index in [0.717, 1.165) is 10.2 Å². The summed E-state index contributed by atoms with van der Waals surface area (Å²) in [7, 11) is 1.55. The number of benzene rings is 1. The van der Waals surface area contributed by atoms with Gasteiger partial charge in [0, 0.05) is 10.5 Å². The Morgan fingerprint density at radius 1 is 1.12 bits per heavy atom. The van der Waals surface area contributed by atoms with Crippen molar-refractivity contribution < 1.29 is 4.74 Å². The van der Waals surface area contributed by atoms with Gasteiger partial charge in [-0.1, -0.05) is 22.0 Å². The number of hydrogen-bond donors (Lipinski definition) is 0. The van der Waals surface area contributed by atoms with Crippen LogP contribution in [0.5, 0.6) is 5.88 Å². The third-order valence-electron chi connectivity index (χ3n) is 2.21. The highest BCUT2D eigenvalue weighted by molar-refractivity contribution is 9.10. The zero-order valence-electron chi connectivity index (χ0n) is 8.68. The van der Waals surface area contributed by atoms with Gasteiger partial charge in [-0.3, -0.25) is 4.79 Å². The van der Waals surface area contributed by atoms with E-state index in [1.807, 2.05) is 24.3 Å². The van der Waals surface area contributed by atoms with Crippen LogP contribution in [0.4, 0.5) is 0 Å². The van der Waals surface area contributed by atoms with Crippen molar-refractivity contribution in [3.63, 3.8) is 0 Å². The Bertz CT molecular complexity index is 546. The zero-order chi connectivity index (χ0) is 11.5. The van der Waals surface area contributed by atoms with Crippen LogP contribution in [0, 0.1) is 0 Å². The monoisotopic (exact) mass is 279 g/mol. The predicted octanol–water partition coefficient (Wildman–Crippen LogP) is 2.61. The van der Waals surface area contributed by atoms with E-state index in [9.17, 15) is 4.79 Å². The number of methoxy groups -OCH3 is 1. The summed E-state index contributed by atoms with van der Waals surface area (Å²) in [6.45, 7) is 0. The Morgan fingerprint density at radius 3 is 2.44 bits per heavy atom. The van der Waals surface area contributed by atoms with E-state index < -0.39 is 0 Å². The lowest BCUT2D eigenvalue weighted by molar-refractivity contribution is 0.384. The summed E-state index contributed by atoms with van der Waals surface area (Å²) in [4.78, 5) is 11.8. The van der Waals surface area contributed by atoms with Gasteiger partial charge in [0.2, 0.25) is 5.88 Å². The van der Waals surface area contributed by atoms with Gasteiger partial charge in [-0.05, 0) is 30.3 Å². The first-order chi connectivity index (χ1) is 7.72. The van der Waals surface area contributed by atoms with Crippen LogP contribution >= 0.6 is 15.9 Å². The van der Waals surface area contributed by atoms with Crippen LogP contribution in [0.15, 0.2) is 51.7 Å². The van der Waals surface area contributed by atoms with Crippen molar-refractivity contribution >= 4 is 15.9 Å². The summed E-state index contributed by atoms with van der Waals surface area (Å²) in [6.07, 6.45) is 0. The fraction of sp³-hybridized carbons (Fsp3) is 0.0833. The number of ether oxygens (including phenoxy) is 1. The molecule has 0 N–H and O–H groups in total. The van der Waals surface area contributed by atoms with E-state index in [1.165, 1.54) is 10.6 Å². The standard InChI is InChI=1S/C12H10BrNO2/c1-16-12-4-2-3-11(15)14(12)10-7-5-9(13)6-8-10/h2-8H,1H3. The second-order valence-corrected chi connectivity index (χ2v) is 4.13. The lowest BCUT2D eigenvalue weighted by Crippen LogP contribution is -2.18. The van der Waals surface area contributed by atoms with E-state index in [-0.39, 0.29) is 5.56 Å². The molecule has 1 aromatic heterocycles. The highest BCUT2D eigenvalue weighted by Gasteiger charge is 2.05. The third kappa shape index (κ3) is 2.02. The van der Waals surface area contributed by atoms with Gasteiger partial charge in [0.1, 0.15) is 0 Å². The van der Waals surface area contributed by atoms with E-state index in [1.54, 1.807) is 19.2 Å². The molecule has 82 valence electrons. The second kappa shape index (κ2) is 4.53. The molecule has 2 rings (SSSR count). The van der Waals surface area contributed by atoms with Crippen LogP contribution in [-0.4, -0.2) is 11.7 Å². The molecule has 0 bridgehead atoms. The van der Waals surface area contributed by atoms with Crippen LogP contribution in [-0.2, 0) is 0 Å². The molecule has 3 nitrogen and oxygen atoms in total. The number of halogens is 1. The summed E-state index contributed by atoms with van der Waals surface area (Å²) in [6, 6.07) is 12.4. The molecule has 16 heavy (non-hydrogen) atoms. The molecule has 0 saturated carbocycles. The minimum absolute atomic E-state index is 0.110. The molecule has 0 fully saturated rings. The first-order valence-corrected chi connectivity index (χ1v) is 5.53. The van der Waals surface area contributed by atoms with Crippen molar-refractivity contribution in [2.45, 2.75) is 0 Å². The predicted molar refractivity (Wildman–Crippen MR) is 66.3 cm³/mol. The minimum atomic E-state index is -0.110. The summed E-state index contributed by atoms with van der Waals surface area (Å²) < 4.78 is 7.65. The Kier molecular flexibility index (Phi) is 3.10. The lowest BCUT2D eigenvalue weighted by Gasteiger charge is -2.10. The molecule has 0 saturated heterocycles. The average molecular weight is 280 g/mol. The van der Waals surface area contributed by atoms with Gasteiger partial charge in [-0.25, -0.2) is 4.57 Å². The van der Waals surface area contributed by atoms with Gasteiger partial charge >= 0.3 is 0 Å². The maximum absolute atomic E-state index is 11.8. The fourth-order valence-electron chi connectivity index (χ4n) is 1.47. The fourth-order valence-corrected chi connectivity index (χ4v) is 1.74. The molecule has 0 aliphatic heterocycles. The van der Waals surface area contributed by atoms with Crippen molar-refractivity contribution in [3.8, 4) is 11.6 Å². The molecule has 0 aliphatic carbocycles. The van der Waals surface area contributed by atoms with Crippen molar-refractivity contribution in [1.29, 1.82) is 0 Å². The van der Waals surface area contributed by atoms with E-state index in [2.05, 4.69) is 15.9 Å². The Morgan fingerprint density at radius 2 is 1.81 bits per heavy atom. The number of hydrogen-bond acceptors (Lipinski definition) is 2. The SMILES string of the molecule is COc1cccc(=O)n1-c1ccc(Br)cc1. The summed E-state index contributed by atoms with van der Waals surface area (Å²) in [5.74, 6) is 0.523. The normalized spacial score (nSPS) is 10.1. The van der Waals surface area contributed by atoms with Gasteiger partial charge in [0.25, 0.3) is 5.56 Å². The van der Waals surface area contributed by atoms with E-state index in [4.69, 9.17) is 4.74 Å². The van der Waals surface area contributed by atoms with E-state index in [0.29, 0.717) is 5.88 Å². The Balaban J connectivity index is 2.63. The number of nitrogens with zero attached hydrogens (tertiary/aromatic N) is 1. The van der Waals surface area contributed by atoms with Gasteiger partial charge in [-0.15, -0.1) is 0 Å². The molecule has 0 aliphatic rings. The summed E-state index contributed by atoms with van der Waals surface area (Å²) >= 11 is 3.35. The van der Waals surface area contributed by atoms with Crippen LogP contribution in [0.25, 0.3) is 5.69 Å². The average Bonchev–Trinajstić information content (AvgIpc) is 2.30. The first-order valence-electron chi connectivity index (χ1n) is 4.74. The molecule has 1 aromatic carbocycles. The molecule has 0 unspecified atom stereocenters. The molecule has 0 amide bonds. The summed E-state index contributed by atoms with van der Waals surface area (Å²) in [5.41, 5.74) is 0.673. The van der Waals surface area contributed by atoms with Crippen molar-refractivity contribution in [2.75, 3.05) is 7.11 Å². The number of pyridine rings is 1.